The zero-order valence-corrected chi connectivity index (χ0v) is 8.53. The first-order chi connectivity index (χ1) is 7.49. The molecule has 0 unspecified atom stereocenters. The summed E-state index contributed by atoms with van der Waals surface area (Å²) in [6.45, 7) is 1.36. The van der Waals surface area contributed by atoms with Gasteiger partial charge in [-0.2, -0.15) is 0 Å². The highest BCUT2D eigenvalue weighted by Gasteiger charge is 2.06. The Bertz CT molecular complexity index is 454. The number of carbonyl (C=O) groups is 2. The van der Waals surface area contributed by atoms with Crippen LogP contribution >= 0.6 is 0 Å². The summed E-state index contributed by atoms with van der Waals surface area (Å²) < 4.78 is 12.8. The maximum atomic E-state index is 12.8. The smallest absolute Gasteiger partial charge is 0.328 e. The average Bonchev–Trinajstić information content (AvgIpc) is 2.16. The van der Waals surface area contributed by atoms with E-state index in [9.17, 15) is 14.0 Å². The summed E-state index contributed by atoms with van der Waals surface area (Å²) in [6.07, 6.45) is 0.786. The highest BCUT2D eigenvalue weighted by Crippen LogP contribution is 2.10. The Morgan fingerprint density at radius 3 is 2.69 bits per heavy atom. The van der Waals surface area contributed by atoms with Crippen LogP contribution in [0.15, 0.2) is 35.9 Å². The van der Waals surface area contributed by atoms with Gasteiger partial charge in [0.25, 0.3) is 5.91 Å². The van der Waals surface area contributed by atoms with Gasteiger partial charge < -0.3 is 10.4 Å². The predicted molar refractivity (Wildman–Crippen MR) is 56.4 cm³/mol. The number of hydrogen-bond acceptors (Lipinski definition) is 2. The lowest BCUT2D eigenvalue weighted by molar-refractivity contribution is -0.131. The molecule has 1 aromatic carbocycles. The van der Waals surface area contributed by atoms with E-state index in [0.29, 0.717) is 0 Å². The molecule has 0 saturated carbocycles. The molecule has 0 aliphatic carbocycles. The van der Waals surface area contributed by atoms with Crippen molar-refractivity contribution in [3.63, 3.8) is 0 Å². The van der Waals surface area contributed by atoms with Gasteiger partial charge >= 0.3 is 5.97 Å². The number of carboxylic acids is 1. The number of nitrogens with one attached hydrogen (secondary N) is 1. The molecule has 84 valence electrons. The molecule has 0 radical (unpaired) electrons. The standard InChI is InChI=1S/C11H10FNO3/c1-7(5-10(14)15)11(16)13-9-4-2-3-8(12)6-9/h2-6H,1H3,(H,13,16)(H,14,15)/b7-5+. The third kappa shape index (κ3) is 3.53. The fourth-order valence-electron chi connectivity index (χ4n) is 1.05. The average molecular weight is 223 g/mol. The van der Waals surface area contributed by atoms with Crippen LogP contribution < -0.4 is 5.32 Å². The van der Waals surface area contributed by atoms with E-state index in [1.165, 1.54) is 25.1 Å². The second-order valence-corrected chi connectivity index (χ2v) is 3.13. The first-order valence-corrected chi connectivity index (χ1v) is 4.47. The molecule has 1 amide bonds. The third-order valence-electron chi connectivity index (χ3n) is 1.78. The first kappa shape index (κ1) is 11.9. The topological polar surface area (TPSA) is 66.4 Å². The minimum atomic E-state index is -1.20. The van der Waals surface area contributed by atoms with Crippen molar-refractivity contribution in [2.24, 2.45) is 0 Å². The van der Waals surface area contributed by atoms with Gasteiger partial charge in [-0.05, 0) is 25.1 Å². The monoisotopic (exact) mass is 223 g/mol. The van der Waals surface area contributed by atoms with Gasteiger partial charge in [0, 0.05) is 17.3 Å². The van der Waals surface area contributed by atoms with Crippen molar-refractivity contribution in [3.05, 3.63) is 41.7 Å². The number of aliphatic carboxylic acids is 1. The molecule has 0 spiro atoms. The lowest BCUT2D eigenvalue weighted by Gasteiger charge is -2.04. The molecule has 0 saturated heterocycles. The van der Waals surface area contributed by atoms with E-state index < -0.39 is 17.7 Å². The number of carboxylic acid groups (broad SMARTS) is 1. The van der Waals surface area contributed by atoms with Gasteiger partial charge in [-0.1, -0.05) is 6.07 Å². The van der Waals surface area contributed by atoms with Gasteiger partial charge in [0.2, 0.25) is 0 Å². The fraction of sp³-hybridized carbons (Fsp3) is 0.0909. The van der Waals surface area contributed by atoms with Gasteiger partial charge in [0.1, 0.15) is 5.82 Å². The van der Waals surface area contributed by atoms with Crippen LogP contribution in [0.4, 0.5) is 10.1 Å². The van der Waals surface area contributed by atoms with Gasteiger partial charge in [0.05, 0.1) is 0 Å². The molecule has 0 aromatic heterocycles. The Balaban J connectivity index is 2.75. The molecule has 0 atom stereocenters. The largest absolute Gasteiger partial charge is 0.478 e. The highest BCUT2D eigenvalue weighted by molar-refractivity contribution is 6.06. The number of carbonyl (C=O) groups excluding carboxylic acids is 1. The first-order valence-electron chi connectivity index (χ1n) is 4.47. The second-order valence-electron chi connectivity index (χ2n) is 3.13. The molecule has 2 N–H and O–H groups in total. The van der Waals surface area contributed by atoms with Crippen molar-refractivity contribution in [1.29, 1.82) is 0 Å². The predicted octanol–water partition coefficient (Wildman–Crippen LogP) is 1.80. The number of hydrogen-bond donors (Lipinski definition) is 2. The Hall–Kier alpha value is -2.17. The zero-order valence-electron chi connectivity index (χ0n) is 8.53. The number of amides is 1. The quantitative estimate of drug-likeness (QED) is 0.768. The summed E-state index contributed by atoms with van der Waals surface area (Å²) in [4.78, 5) is 21.7. The van der Waals surface area contributed by atoms with Crippen molar-refractivity contribution >= 4 is 17.6 Å². The van der Waals surface area contributed by atoms with Gasteiger partial charge in [0.15, 0.2) is 0 Å². The van der Waals surface area contributed by atoms with E-state index in [1.54, 1.807) is 0 Å². The summed E-state index contributed by atoms with van der Waals surface area (Å²) in [5.74, 6) is -2.25. The van der Waals surface area contributed by atoms with E-state index >= 15 is 0 Å². The molecular formula is C11H10FNO3. The van der Waals surface area contributed by atoms with Crippen LogP contribution in [-0.4, -0.2) is 17.0 Å². The lowest BCUT2D eigenvalue weighted by Crippen LogP contribution is -2.13. The summed E-state index contributed by atoms with van der Waals surface area (Å²) >= 11 is 0. The van der Waals surface area contributed by atoms with Gasteiger partial charge in [-0.15, -0.1) is 0 Å². The minimum absolute atomic E-state index is 0.0387. The molecule has 4 nitrogen and oxygen atoms in total. The molecule has 0 aliphatic rings. The maximum absolute atomic E-state index is 12.8. The van der Waals surface area contributed by atoms with Crippen LogP contribution in [0.1, 0.15) is 6.92 Å². The Labute approximate surface area is 91.4 Å². The molecule has 0 fully saturated rings. The van der Waals surface area contributed by atoms with Gasteiger partial charge in [-0.3, -0.25) is 4.79 Å². The van der Waals surface area contributed by atoms with E-state index in [0.717, 1.165) is 12.1 Å². The highest BCUT2D eigenvalue weighted by atomic mass is 19.1. The van der Waals surface area contributed by atoms with Crippen LogP contribution in [0.2, 0.25) is 0 Å². The van der Waals surface area contributed by atoms with Crippen molar-refractivity contribution in [3.8, 4) is 0 Å². The SMILES string of the molecule is C/C(=C\C(=O)O)C(=O)Nc1cccc(F)c1. The van der Waals surface area contributed by atoms with E-state index in [4.69, 9.17) is 5.11 Å². The minimum Gasteiger partial charge on any atom is -0.478 e. The Morgan fingerprint density at radius 2 is 2.12 bits per heavy atom. The second kappa shape index (κ2) is 5.06. The summed E-state index contributed by atoms with van der Waals surface area (Å²) in [5, 5.41) is 10.8. The zero-order chi connectivity index (χ0) is 12.1. The van der Waals surface area contributed by atoms with Crippen LogP contribution in [0.5, 0.6) is 0 Å². The molecule has 0 aliphatic heterocycles. The van der Waals surface area contributed by atoms with Crippen molar-refractivity contribution in [2.45, 2.75) is 6.92 Å². The van der Waals surface area contributed by atoms with Crippen LogP contribution in [0.25, 0.3) is 0 Å². The molecule has 5 heteroatoms. The van der Waals surface area contributed by atoms with Crippen LogP contribution in [-0.2, 0) is 9.59 Å². The molecule has 0 heterocycles. The van der Waals surface area contributed by atoms with Crippen molar-refractivity contribution in [1.82, 2.24) is 0 Å². The molecule has 0 bridgehead atoms. The molecule has 1 rings (SSSR count). The Morgan fingerprint density at radius 1 is 1.44 bits per heavy atom. The van der Waals surface area contributed by atoms with E-state index in [2.05, 4.69) is 5.32 Å². The van der Waals surface area contributed by atoms with E-state index in [1.807, 2.05) is 0 Å². The number of halogens is 1. The van der Waals surface area contributed by atoms with Gasteiger partial charge in [-0.25, -0.2) is 9.18 Å². The Kier molecular flexibility index (Phi) is 3.77. The van der Waals surface area contributed by atoms with Crippen LogP contribution in [0, 0.1) is 5.82 Å². The fourth-order valence-corrected chi connectivity index (χ4v) is 1.05. The van der Waals surface area contributed by atoms with Crippen LogP contribution in [0.3, 0.4) is 0 Å². The molecule has 1 aromatic rings. The summed E-state index contributed by atoms with van der Waals surface area (Å²) in [5.41, 5.74) is 0.319. The third-order valence-corrected chi connectivity index (χ3v) is 1.78. The van der Waals surface area contributed by atoms with Crippen molar-refractivity contribution in [2.75, 3.05) is 5.32 Å². The summed E-state index contributed by atoms with van der Waals surface area (Å²) in [7, 11) is 0. The number of anilines is 1. The molecule has 16 heavy (non-hydrogen) atoms. The summed E-state index contributed by atoms with van der Waals surface area (Å²) in [6, 6.07) is 5.35. The maximum Gasteiger partial charge on any atom is 0.328 e. The lowest BCUT2D eigenvalue weighted by atomic mass is 10.2. The normalized spacial score (nSPS) is 11.0. The van der Waals surface area contributed by atoms with E-state index in [-0.39, 0.29) is 11.3 Å². The number of rotatable bonds is 3. The van der Waals surface area contributed by atoms with Crippen molar-refractivity contribution < 1.29 is 19.1 Å². The molecular weight excluding hydrogens is 213 g/mol. The number of benzene rings is 1.